The Morgan fingerprint density at radius 1 is 0.434 bits per heavy atom. The van der Waals surface area contributed by atoms with Crippen LogP contribution in [0.4, 0.5) is 0 Å². The van der Waals surface area contributed by atoms with Crippen LogP contribution in [-0.4, -0.2) is 327 Å². The molecule has 6 aliphatic heterocycles. The number of carbonyl (C=O) groups is 5. The number of hydrogen-bond donors (Lipinski definition) is 18. The van der Waals surface area contributed by atoms with Gasteiger partial charge in [-0.3, -0.25) is 24.0 Å². The summed E-state index contributed by atoms with van der Waals surface area (Å²) >= 11 is 0. The molecule has 0 aliphatic carbocycles. The van der Waals surface area contributed by atoms with Crippen LogP contribution in [0.1, 0.15) is 110 Å². The molecule has 5 amide bonds. The number of unbranched alkanes of at least 4 members (excludes halogenated alkanes) is 8. The van der Waals surface area contributed by atoms with Crippen LogP contribution < -0.4 is 31.3 Å². The highest BCUT2D eigenvalue weighted by atomic mass is 16.8. The zero-order valence-corrected chi connectivity index (χ0v) is 56.4. The van der Waals surface area contributed by atoms with E-state index >= 15 is 0 Å². The van der Waals surface area contributed by atoms with Crippen LogP contribution in [-0.2, 0) is 76.0 Å². The van der Waals surface area contributed by atoms with Gasteiger partial charge in [0.05, 0.1) is 45.7 Å². The van der Waals surface area contributed by atoms with E-state index in [4.69, 9.17) is 61.6 Å². The van der Waals surface area contributed by atoms with Gasteiger partial charge >= 0.3 is 0 Å². The van der Waals surface area contributed by atoms with Gasteiger partial charge in [0.1, 0.15) is 146 Å². The van der Waals surface area contributed by atoms with Crippen molar-refractivity contribution in [2.45, 2.75) is 283 Å². The molecule has 0 aromatic heterocycles. The van der Waals surface area contributed by atoms with E-state index in [-0.39, 0.29) is 5.56 Å². The van der Waals surface area contributed by atoms with Crippen molar-refractivity contribution < 1.29 is 152 Å². The molecular weight excluding hydrogens is 1320 g/mol. The van der Waals surface area contributed by atoms with Gasteiger partial charge in [-0.15, -0.1) is 0 Å². The molecule has 0 bridgehead atoms. The number of benzene rings is 1. The first-order chi connectivity index (χ1) is 47.2. The Bertz CT molecular complexity index is 2680. The summed E-state index contributed by atoms with van der Waals surface area (Å²) in [4.78, 5) is 65.1. The van der Waals surface area contributed by atoms with Crippen LogP contribution >= 0.6 is 0 Å². The van der Waals surface area contributed by atoms with Crippen molar-refractivity contribution in [1.82, 2.24) is 26.6 Å². The number of rotatable bonds is 33. The zero-order valence-electron chi connectivity index (χ0n) is 56.4. The summed E-state index contributed by atoms with van der Waals surface area (Å²) in [6.45, 7) is 3.61. The Labute approximate surface area is 572 Å². The molecule has 6 saturated heterocycles. The second-order valence-corrected chi connectivity index (χ2v) is 25.6. The van der Waals surface area contributed by atoms with Gasteiger partial charge in [0, 0.05) is 40.4 Å². The second kappa shape index (κ2) is 38.8. The van der Waals surface area contributed by atoms with Gasteiger partial charge in [0.2, 0.25) is 23.6 Å². The minimum Gasteiger partial charge on any atom is -0.494 e. The highest BCUT2D eigenvalue weighted by Crippen LogP contribution is 2.37. The maximum atomic E-state index is 14.0. The lowest BCUT2D eigenvalue weighted by Gasteiger charge is -2.51. The average Bonchev–Trinajstić information content (AvgIpc) is 0.771. The third kappa shape index (κ3) is 21.1. The van der Waals surface area contributed by atoms with Crippen molar-refractivity contribution in [3.05, 3.63) is 29.8 Å². The van der Waals surface area contributed by atoms with E-state index < -0.39 is 246 Å². The summed E-state index contributed by atoms with van der Waals surface area (Å²) in [7, 11) is 1.21. The normalized spacial score (nSPS) is 39.5. The van der Waals surface area contributed by atoms with E-state index in [2.05, 4.69) is 33.5 Å². The number of hydrogen-bond acceptors (Lipinski definition) is 31. The predicted molar refractivity (Wildman–Crippen MR) is 333 cm³/mol. The summed E-state index contributed by atoms with van der Waals surface area (Å²) in [5.74, 6) is -3.63. The smallest absolute Gasteiger partial charge is 0.251 e. The Kier molecular flexibility index (Phi) is 32.0. The van der Waals surface area contributed by atoms with Gasteiger partial charge in [-0.05, 0) is 31.5 Å². The van der Waals surface area contributed by atoms with Crippen molar-refractivity contribution >= 4 is 29.5 Å². The molecule has 30 atom stereocenters. The fourth-order valence-electron chi connectivity index (χ4n) is 13.0. The fourth-order valence-corrected chi connectivity index (χ4v) is 13.0. The van der Waals surface area contributed by atoms with E-state index in [9.17, 15) is 90.4 Å². The standard InChI is InChI=1S/C63H103N5O31/c1-8-9-10-11-12-13-14-15-16-20-88-33-19-17-18-32(21-33)57(85)68-40-46(79)45(78)34(22-69)92-59(40)96-52-35(23-70)93-60(41(48(52)81)65-29(4)74)97-53-36(24-71)94-61(42(49(53)82)66-30(5)75)98-54-37(25-72)95-62(43(50(54)83)67-31(6)76)99-55-38(91-58(86)39(47(55)80)64-28(3)73)26-89-63-56(87-7)51(84)44(77)27(2)90-63/h17-19,21,27,34-56,58-63,69-72,77-84,86H,8-16,20,22-26H2,1-7H3,(H,64,73)(H,65,74)(H,66,75)(H,67,76)(H,68,85)/t27?,34?,35-,36?,37-,38?,39-,40?,41?,42-,43?,44?,45+,46+,47+,48?,49+,50?,51-,52+,53?,54+,55?,56+,58?,59-,60?,61-,62?,63+/m0/s1. The molecule has 6 aliphatic rings. The Hall–Kier alpha value is -4.63. The lowest BCUT2D eigenvalue weighted by Crippen LogP contribution is -2.72. The Morgan fingerprint density at radius 2 is 0.838 bits per heavy atom. The highest BCUT2D eigenvalue weighted by molar-refractivity contribution is 5.94. The molecule has 7 rings (SSSR count). The highest BCUT2D eigenvalue weighted by Gasteiger charge is 2.58. The van der Waals surface area contributed by atoms with Gasteiger partial charge in [0.15, 0.2) is 37.7 Å². The molecule has 36 nitrogen and oxygen atoms in total. The van der Waals surface area contributed by atoms with E-state index in [0.717, 1.165) is 53.4 Å². The Morgan fingerprint density at radius 3 is 1.27 bits per heavy atom. The van der Waals surface area contributed by atoms with Crippen LogP contribution in [0, 0.1) is 0 Å². The molecule has 1 aromatic rings. The van der Waals surface area contributed by atoms with Crippen molar-refractivity contribution in [2.75, 3.05) is 46.8 Å². The van der Waals surface area contributed by atoms with Crippen molar-refractivity contribution in [1.29, 1.82) is 0 Å². The predicted octanol–water partition coefficient (Wildman–Crippen LogP) is -6.50. The molecular formula is C63H103N5O31. The lowest BCUT2D eigenvalue weighted by atomic mass is 9.93. The first-order valence-corrected chi connectivity index (χ1v) is 33.6. The number of nitrogens with one attached hydrogen (secondary N) is 5. The molecule has 18 N–H and O–H groups in total. The van der Waals surface area contributed by atoms with Gasteiger partial charge in [-0.1, -0.05) is 64.4 Å². The van der Waals surface area contributed by atoms with E-state index in [1.165, 1.54) is 58.3 Å². The Balaban J connectivity index is 1.07. The summed E-state index contributed by atoms with van der Waals surface area (Å²) in [5, 5.41) is 159. The summed E-state index contributed by atoms with van der Waals surface area (Å²) in [6, 6.07) is -2.38. The molecule has 99 heavy (non-hydrogen) atoms. The topological polar surface area (TPSA) is 528 Å². The SMILES string of the molecule is CCCCCCCCCCCOc1cccc(C(=O)NC2[C@H](O[C@H]3C(O)C(NC(C)=O)C(OC4C(CO)O[C@@H](O[C@H]5C(O)C(NC(C)=O)C(OC6C(CO[C@@H]7OC(C)C(O)[C@H](O)[C@H]7OC)OC(O)[C@@H](NC(C)=O)[C@H]6O)O[C@H]5CO)[C@@H](NC(C)=O)[C@H]4O)O[C@H]3CO)OC(CO)[C@@H](O)[C@@H]2O)c1. The minimum absolute atomic E-state index is 0.0622. The number of carbonyl (C=O) groups excluding carboxylic acids is 5. The molecule has 15 unspecified atom stereocenters. The summed E-state index contributed by atoms with van der Waals surface area (Å²) < 4.78 is 78.0. The maximum Gasteiger partial charge on any atom is 0.251 e. The van der Waals surface area contributed by atoms with E-state index in [1.54, 1.807) is 12.1 Å². The van der Waals surface area contributed by atoms with E-state index in [1.807, 2.05) is 0 Å². The first kappa shape index (κ1) is 81.7. The molecule has 6 fully saturated rings. The third-order valence-electron chi connectivity index (χ3n) is 18.2. The monoisotopic (exact) mass is 1430 g/mol. The van der Waals surface area contributed by atoms with Gasteiger partial charge in [-0.2, -0.15) is 0 Å². The maximum absolute atomic E-state index is 14.0. The quantitative estimate of drug-likeness (QED) is 0.0291. The summed E-state index contributed by atoms with van der Waals surface area (Å²) in [6.07, 6.45) is -33.4. The lowest BCUT2D eigenvalue weighted by molar-refractivity contribution is -0.368. The number of amides is 5. The zero-order chi connectivity index (χ0) is 72.5. The van der Waals surface area contributed by atoms with Crippen LogP contribution in [0.5, 0.6) is 5.75 Å². The number of ether oxygens (including phenoxy) is 13. The molecule has 566 valence electrons. The number of aliphatic hydroxyl groups is 13. The summed E-state index contributed by atoms with van der Waals surface area (Å²) in [5.41, 5.74) is 0.0622. The van der Waals surface area contributed by atoms with Crippen molar-refractivity contribution in [2.24, 2.45) is 0 Å². The molecule has 6 heterocycles. The van der Waals surface area contributed by atoms with Gasteiger partial charge in [-0.25, -0.2) is 0 Å². The van der Waals surface area contributed by atoms with Gasteiger partial charge in [0.25, 0.3) is 5.91 Å². The largest absolute Gasteiger partial charge is 0.494 e. The molecule has 0 radical (unpaired) electrons. The van der Waals surface area contributed by atoms with Gasteiger partial charge < -0.3 is 155 Å². The van der Waals surface area contributed by atoms with Crippen LogP contribution in [0.2, 0.25) is 0 Å². The fraction of sp³-hybridized carbons (Fsp3) is 0.825. The molecule has 1 aromatic carbocycles. The van der Waals surface area contributed by atoms with Crippen LogP contribution in [0.15, 0.2) is 24.3 Å². The number of aliphatic hydroxyl groups excluding tert-OH is 13. The first-order valence-electron chi connectivity index (χ1n) is 33.6. The molecule has 36 heteroatoms. The van der Waals surface area contributed by atoms with Crippen molar-refractivity contribution in [3.63, 3.8) is 0 Å². The van der Waals surface area contributed by atoms with E-state index in [0.29, 0.717) is 12.4 Å². The van der Waals surface area contributed by atoms with Crippen molar-refractivity contribution in [3.8, 4) is 5.75 Å². The molecule has 0 spiro atoms. The number of methoxy groups -OCH3 is 1. The van der Waals surface area contributed by atoms with Crippen LogP contribution in [0.25, 0.3) is 0 Å². The second-order valence-electron chi connectivity index (χ2n) is 25.6. The average molecular weight is 1430 g/mol. The minimum atomic E-state index is -2.06. The van der Waals surface area contributed by atoms with Crippen LogP contribution in [0.3, 0.4) is 0 Å². The molecule has 0 saturated carbocycles. The third-order valence-corrected chi connectivity index (χ3v) is 18.2.